The molecule has 0 aliphatic heterocycles. The van der Waals surface area contributed by atoms with Gasteiger partial charge in [0.25, 0.3) is 0 Å². The van der Waals surface area contributed by atoms with Crippen LogP contribution in [0.2, 0.25) is 0 Å². The van der Waals surface area contributed by atoms with Crippen molar-refractivity contribution in [3.63, 3.8) is 0 Å². The molecule has 0 aromatic heterocycles. The van der Waals surface area contributed by atoms with Crippen molar-refractivity contribution >= 4 is 187 Å². The molecule has 0 aliphatic carbocycles. The summed E-state index contributed by atoms with van der Waals surface area (Å²) >= 11 is 0. The molecule has 100 heavy (non-hydrogen) atoms. The molecule has 0 fully saturated rings. The second-order valence-electron chi connectivity index (χ2n) is 26.2. The predicted octanol–water partition coefficient (Wildman–Crippen LogP) is 27.7. The number of hydrogen-bond acceptors (Lipinski definition) is 4. The van der Waals surface area contributed by atoms with E-state index in [-0.39, 0.29) is 0 Å². The van der Waals surface area contributed by atoms with Gasteiger partial charge in [-0.3, -0.25) is 0 Å². The van der Waals surface area contributed by atoms with E-state index in [4.69, 9.17) is 0 Å². The van der Waals surface area contributed by atoms with E-state index in [1.165, 1.54) is 64.6 Å². The summed E-state index contributed by atoms with van der Waals surface area (Å²) in [4.78, 5) is 10.2. The normalized spacial score (nSPS) is 11.8. The Balaban J connectivity index is 0.985. The number of benzene rings is 20. The highest BCUT2D eigenvalue weighted by molar-refractivity contribution is 6.34. The Hall–Kier alpha value is -13.3. The molecule has 0 unspecified atom stereocenters. The lowest BCUT2D eigenvalue weighted by molar-refractivity contribution is 1.28. The van der Waals surface area contributed by atoms with Crippen LogP contribution in [-0.4, -0.2) is 0 Å². The summed E-state index contributed by atoms with van der Waals surface area (Å²) in [5.41, 5.74) is 12.7. The fourth-order valence-electron chi connectivity index (χ4n) is 16.5. The van der Waals surface area contributed by atoms with Crippen molar-refractivity contribution in [3.05, 3.63) is 376 Å². The fraction of sp³-hybridized carbons (Fsp3) is 0. The Labute approximate surface area is 578 Å². The van der Waals surface area contributed by atoms with Crippen LogP contribution in [0.3, 0.4) is 0 Å². The molecule has 0 saturated heterocycles. The van der Waals surface area contributed by atoms with E-state index >= 15 is 0 Å². The van der Waals surface area contributed by atoms with Crippen LogP contribution in [0.25, 0.3) is 118 Å². The summed E-state index contributed by atoms with van der Waals surface area (Å²) in [5, 5.41) is 25.9. The van der Waals surface area contributed by atoms with Gasteiger partial charge in [0.2, 0.25) is 0 Å². The number of nitrogens with zero attached hydrogens (tertiary/aromatic N) is 4. The summed E-state index contributed by atoms with van der Waals surface area (Å²) in [7, 11) is 0. The van der Waals surface area contributed by atoms with Crippen molar-refractivity contribution in [1.82, 2.24) is 0 Å². The first kappa shape index (κ1) is 57.0. The van der Waals surface area contributed by atoms with Gasteiger partial charge in [-0.2, -0.15) is 0 Å². The van der Waals surface area contributed by atoms with Crippen molar-refractivity contribution in [3.8, 4) is 0 Å². The maximum atomic E-state index is 2.54. The Morgan fingerprint density at radius 3 is 0.560 bits per heavy atom. The molecule has 20 rings (SSSR count). The molecule has 0 bridgehead atoms. The molecule has 4 heteroatoms. The van der Waals surface area contributed by atoms with Gasteiger partial charge in [-0.05, 0) is 150 Å². The van der Waals surface area contributed by atoms with Gasteiger partial charge < -0.3 is 19.6 Å². The van der Waals surface area contributed by atoms with Gasteiger partial charge in [0.1, 0.15) is 0 Å². The average molecular weight is 1270 g/mol. The molecule has 0 radical (unpaired) electrons. The van der Waals surface area contributed by atoms with Crippen LogP contribution in [0.5, 0.6) is 0 Å². The van der Waals surface area contributed by atoms with Gasteiger partial charge in [-0.15, -0.1) is 0 Å². The molecule has 20 aromatic carbocycles. The lowest BCUT2D eigenvalue weighted by atomic mass is 9.88. The molecular weight excluding hydrogens is 1210 g/mol. The minimum atomic E-state index is 1.05. The summed E-state index contributed by atoms with van der Waals surface area (Å²) < 4.78 is 0. The van der Waals surface area contributed by atoms with Crippen LogP contribution < -0.4 is 19.6 Å². The van der Waals surface area contributed by atoms with Gasteiger partial charge in [-0.25, -0.2) is 0 Å². The number of rotatable bonds is 12. The topological polar surface area (TPSA) is 13.0 Å². The number of para-hydroxylation sites is 4. The van der Waals surface area contributed by atoms with Gasteiger partial charge in [0, 0.05) is 76.6 Å². The first-order valence-corrected chi connectivity index (χ1v) is 34.5. The second kappa shape index (κ2) is 23.2. The fourth-order valence-corrected chi connectivity index (χ4v) is 16.5. The van der Waals surface area contributed by atoms with E-state index in [1.54, 1.807) is 0 Å². The zero-order chi connectivity index (χ0) is 65.8. The first-order chi connectivity index (χ1) is 49.7. The Morgan fingerprint density at radius 2 is 0.320 bits per heavy atom. The Bertz CT molecular complexity index is 5820. The van der Waals surface area contributed by atoms with E-state index in [0.717, 1.165) is 122 Å². The van der Waals surface area contributed by atoms with Gasteiger partial charge in [0.05, 0.1) is 45.5 Å². The zero-order valence-electron chi connectivity index (χ0n) is 54.6. The van der Waals surface area contributed by atoms with Crippen molar-refractivity contribution < 1.29 is 0 Å². The van der Waals surface area contributed by atoms with E-state index in [2.05, 4.69) is 396 Å². The minimum absolute atomic E-state index is 1.05. The first-order valence-electron chi connectivity index (χ1n) is 34.5. The van der Waals surface area contributed by atoms with Gasteiger partial charge in [0.15, 0.2) is 0 Å². The predicted molar refractivity (Wildman–Crippen MR) is 429 cm³/mol. The number of fused-ring (bicyclic) bond motifs is 12. The van der Waals surface area contributed by atoms with Gasteiger partial charge >= 0.3 is 0 Å². The standard InChI is InChI=1S/C96H62N4/c1-5-29-67(30-6-1)97(87-45-21-41-75-71-37-17-13-25-63(71)49-53-79(75)87)91-61-92(98(68-31-7-2-8-32-68)88-46-22-42-76-72-38-18-14-26-64(72)50-54-80(76)88)84-59-60-86-94(100(70-35-11-4-12-36-70)90-48-24-44-78-74-40-20-16-28-66(74)52-56-82(78)90)62-93(85-58-57-83(91)95(84)96(85)86)99(69-33-9-3-10-34-69)89-47-23-43-77-73-39-19-15-27-65(73)51-55-81(77)89/h1-62H. The molecule has 0 amide bonds. The third kappa shape index (κ3) is 9.01. The highest BCUT2D eigenvalue weighted by atomic mass is 15.2. The number of anilines is 12. The van der Waals surface area contributed by atoms with E-state index < -0.39 is 0 Å². The summed E-state index contributed by atoms with van der Waals surface area (Å²) in [5.74, 6) is 0. The lowest BCUT2D eigenvalue weighted by Gasteiger charge is -2.35. The maximum Gasteiger partial charge on any atom is 0.0561 e. The Morgan fingerprint density at radius 1 is 0.120 bits per heavy atom. The molecule has 0 N–H and O–H groups in total. The van der Waals surface area contributed by atoms with E-state index in [9.17, 15) is 0 Å². The lowest BCUT2D eigenvalue weighted by Crippen LogP contribution is -2.16. The highest BCUT2D eigenvalue weighted by Gasteiger charge is 2.31. The average Bonchev–Trinajstić information content (AvgIpc) is 0.696. The maximum absolute atomic E-state index is 2.54. The quantitative estimate of drug-likeness (QED) is 0.113. The third-order valence-electron chi connectivity index (χ3n) is 20.9. The molecule has 4 nitrogen and oxygen atoms in total. The van der Waals surface area contributed by atoms with Crippen LogP contribution in [0, 0.1) is 0 Å². The van der Waals surface area contributed by atoms with Crippen LogP contribution in [0.4, 0.5) is 68.2 Å². The van der Waals surface area contributed by atoms with Crippen LogP contribution >= 0.6 is 0 Å². The molecular formula is C96H62N4. The third-order valence-corrected chi connectivity index (χ3v) is 20.9. The highest BCUT2D eigenvalue weighted by Crippen LogP contribution is 2.57. The largest absolute Gasteiger partial charge is 0.309 e. The summed E-state index contributed by atoms with van der Waals surface area (Å²) in [6.07, 6.45) is 0. The molecule has 0 aliphatic rings. The summed E-state index contributed by atoms with van der Waals surface area (Å²) in [6.45, 7) is 0. The van der Waals surface area contributed by atoms with Crippen LogP contribution in [0.1, 0.15) is 0 Å². The Kier molecular flexibility index (Phi) is 13.2. The van der Waals surface area contributed by atoms with Crippen LogP contribution in [0.15, 0.2) is 376 Å². The smallest absolute Gasteiger partial charge is 0.0561 e. The van der Waals surface area contributed by atoms with Crippen molar-refractivity contribution in [2.24, 2.45) is 0 Å². The molecule has 0 spiro atoms. The molecule has 0 heterocycles. The monoisotopic (exact) mass is 1270 g/mol. The number of hydrogen-bond donors (Lipinski definition) is 0. The van der Waals surface area contributed by atoms with Gasteiger partial charge in [-0.1, -0.05) is 291 Å². The zero-order valence-corrected chi connectivity index (χ0v) is 54.6. The summed E-state index contributed by atoms with van der Waals surface area (Å²) in [6, 6.07) is 140. The van der Waals surface area contributed by atoms with E-state index in [0.29, 0.717) is 0 Å². The van der Waals surface area contributed by atoms with Crippen LogP contribution in [-0.2, 0) is 0 Å². The van der Waals surface area contributed by atoms with Crippen molar-refractivity contribution in [2.45, 2.75) is 0 Å². The minimum Gasteiger partial charge on any atom is -0.309 e. The molecule has 20 aromatic rings. The molecule has 0 saturated carbocycles. The van der Waals surface area contributed by atoms with Crippen molar-refractivity contribution in [2.75, 3.05) is 19.6 Å². The second-order valence-corrected chi connectivity index (χ2v) is 26.2. The molecule has 466 valence electrons. The SMILES string of the molecule is c1ccc(N(c2cccc3c2ccc2ccccc23)c2cc(N(c3ccccc3)c3cccc4c3ccc3ccccc34)c3ccc4c(N(c5ccccc5)c5cccc6c5ccc5ccccc56)cc(N(c5ccccc5)c5cccc6c5ccc5ccccc56)c5ccc2c3c54)cc1. The molecule has 0 atom stereocenters. The van der Waals surface area contributed by atoms with Crippen molar-refractivity contribution in [1.29, 1.82) is 0 Å². The van der Waals surface area contributed by atoms with E-state index in [1.807, 2.05) is 0 Å².